The van der Waals surface area contributed by atoms with Crippen molar-refractivity contribution in [2.45, 2.75) is 89.3 Å². The zero-order chi connectivity index (χ0) is 33.5. The molecule has 3 aliphatic heterocycles. The van der Waals surface area contributed by atoms with Gasteiger partial charge < -0.3 is 14.2 Å². The number of hydrogen-bond acceptors (Lipinski definition) is 6. The van der Waals surface area contributed by atoms with Gasteiger partial charge in [0.15, 0.2) is 0 Å². The van der Waals surface area contributed by atoms with E-state index < -0.39 is 21.5 Å². The van der Waals surface area contributed by atoms with Crippen LogP contribution >= 0.6 is 0 Å². The normalized spacial score (nSPS) is 26.7. The Bertz CT molecular complexity index is 1910. The van der Waals surface area contributed by atoms with Crippen LogP contribution in [0, 0.1) is 11.3 Å². The molecule has 5 aliphatic rings. The summed E-state index contributed by atoms with van der Waals surface area (Å²) >= 11 is 0. The molecule has 3 aromatic rings. The fraction of sp³-hybridized carbons (Fsp3) is 0.568. The van der Waals surface area contributed by atoms with Gasteiger partial charge in [0.2, 0.25) is 5.91 Å². The largest absolute Gasteiger partial charge is 0.497 e. The fourth-order valence-corrected chi connectivity index (χ4v) is 10.1. The van der Waals surface area contributed by atoms with Gasteiger partial charge in [-0.2, -0.15) is 8.42 Å². The third-order valence-corrected chi connectivity index (χ3v) is 12.9. The molecule has 256 valence electrons. The molecule has 2 bridgehead atoms. The first-order valence-corrected chi connectivity index (χ1v) is 19.2. The first-order chi connectivity index (χ1) is 23.0. The van der Waals surface area contributed by atoms with Crippen molar-refractivity contribution in [2.75, 3.05) is 33.8 Å². The number of aromatic nitrogens is 1. The Morgan fingerprint density at radius 1 is 1.04 bits per heavy atom. The third-order valence-electron chi connectivity index (χ3n) is 11.9. The van der Waals surface area contributed by atoms with E-state index in [1.807, 2.05) is 18.2 Å². The minimum atomic E-state index is -3.97. The van der Waals surface area contributed by atoms with Crippen LogP contribution in [0.4, 0.5) is 0 Å². The van der Waals surface area contributed by atoms with Gasteiger partial charge in [0.1, 0.15) is 5.75 Å². The van der Waals surface area contributed by atoms with Crippen LogP contribution in [0.25, 0.3) is 22.2 Å². The van der Waals surface area contributed by atoms with E-state index in [1.54, 1.807) is 13.2 Å². The second-order valence-corrected chi connectivity index (χ2v) is 16.9. The minimum absolute atomic E-state index is 0.0717. The topological polar surface area (TPSA) is 113 Å². The number of nitrogens with zero attached hydrogens (tertiary/aromatic N) is 3. The van der Waals surface area contributed by atoms with Crippen LogP contribution in [-0.4, -0.2) is 80.5 Å². The average molecular weight is 674 g/mol. The van der Waals surface area contributed by atoms with Gasteiger partial charge >= 0.3 is 10.2 Å². The van der Waals surface area contributed by atoms with E-state index in [9.17, 15) is 18.0 Å². The number of nitrogens with one attached hydrogen (secondary N) is 2. The Hall–Kier alpha value is -3.41. The zero-order valence-corrected chi connectivity index (χ0v) is 29.2. The van der Waals surface area contributed by atoms with Crippen LogP contribution in [0.5, 0.6) is 5.75 Å². The summed E-state index contributed by atoms with van der Waals surface area (Å²) in [5.74, 6) is 1.38. The maximum atomic E-state index is 14.9. The number of fused-ring (bicyclic) bond motifs is 9. The summed E-state index contributed by atoms with van der Waals surface area (Å²) in [6, 6.07) is 12.6. The van der Waals surface area contributed by atoms with Gasteiger partial charge in [-0.1, -0.05) is 39.2 Å². The predicted octanol–water partition coefficient (Wildman–Crippen LogP) is 4.99. The van der Waals surface area contributed by atoms with Crippen molar-refractivity contribution >= 4 is 32.9 Å². The van der Waals surface area contributed by atoms with Crippen molar-refractivity contribution in [3.05, 3.63) is 53.1 Å². The van der Waals surface area contributed by atoms with Crippen molar-refractivity contribution in [2.24, 2.45) is 11.3 Å². The summed E-state index contributed by atoms with van der Waals surface area (Å²) in [6.07, 6.45) is 7.58. The molecule has 2 saturated heterocycles. The molecule has 2 aromatic carbocycles. The van der Waals surface area contributed by atoms with Crippen LogP contribution in [0.2, 0.25) is 0 Å². The maximum Gasteiger partial charge on any atom is 0.301 e. The van der Waals surface area contributed by atoms with E-state index in [1.165, 1.54) is 37.4 Å². The number of carbonyl (C=O) groups excluding carboxylic acids is 2. The summed E-state index contributed by atoms with van der Waals surface area (Å²) in [6.45, 7) is 7.84. The van der Waals surface area contributed by atoms with Crippen molar-refractivity contribution in [1.82, 2.24) is 23.8 Å². The van der Waals surface area contributed by atoms with Gasteiger partial charge in [-0.15, -0.1) is 0 Å². The summed E-state index contributed by atoms with van der Waals surface area (Å²) < 4.78 is 36.8. The number of likely N-dealkylation sites (tertiary alicyclic amines) is 2. The predicted molar refractivity (Wildman–Crippen MR) is 185 cm³/mol. The first-order valence-electron chi connectivity index (χ1n) is 17.7. The molecular formula is C37H47N5O5S. The van der Waals surface area contributed by atoms with E-state index in [2.05, 4.69) is 49.8 Å². The standard InChI is InChI=1S/C37H47N5O5S/c1-22(2)18-40-19-26-15-25(40)20-41(26)36(44)37-17-31(37)30-16-27(47-4)11-13-28(30)34-33(23-8-6-5-7-9-23)29-12-10-24(14-32(29)42(34)21-37)35(43)39-48(45,46)38-3/h10-14,16,22-23,25-26,31,38H,5-9,15,17-21H2,1-4H3,(H,39,43). The molecule has 1 aromatic heterocycles. The van der Waals surface area contributed by atoms with E-state index in [-0.39, 0.29) is 23.4 Å². The SMILES string of the molecule is CNS(=O)(=O)NC(=O)c1ccc2c(C3CCCCC3)c3n(c2c1)CC1(C(=O)N2CC4CC2CN4CC(C)C)CC1c1cc(OC)ccc1-3. The second-order valence-electron chi connectivity index (χ2n) is 15.3. The lowest BCUT2D eigenvalue weighted by atomic mass is 9.81. The van der Waals surface area contributed by atoms with Gasteiger partial charge in [-0.3, -0.25) is 14.5 Å². The lowest BCUT2D eigenvalue weighted by Gasteiger charge is -2.37. The van der Waals surface area contributed by atoms with E-state index in [0.29, 0.717) is 24.4 Å². The highest BCUT2D eigenvalue weighted by molar-refractivity contribution is 7.88. The monoisotopic (exact) mass is 673 g/mol. The van der Waals surface area contributed by atoms with Crippen LogP contribution in [-0.2, 0) is 21.5 Å². The van der Waals surface area contributed by atoms with Crippen LogP contribution in [0.1, 0.15) is 92.1 Å². The fourth-order valence-electron chi connectivity index (χ4n) is 9.63. The molecule has 0 spiro atoms. The lowest BCUT2D eigenvalue weighted by molar-refractivity contribution is -0.140. The molecule has 0 radical (unpaired) electrons. The molecule has 11 heteroatoms. The summed E-state index contributed by atoms with van der Waals surface area (Å²) in [4.78, 5) is 33.0. The van der Waals surface area contributed by atoms with E-state index >= 15 is 0 Å². The summed E-state index contributed by atoms with van der Waals surface area (Å²) in [5, 5.41) is 1.08. The molecule has 4 atom stereocenters. The van der Waals surface area contributed by atoms with Gasteiger partial charge in [-0.25, -0.2) is 9.44 Å². The summed E-state index contributed by atoms with van der Waals surface area (Å²) in [5.41, 5.74) is 5.30. The Balaban J connectivity index is 1.27. The molecule has 10 nitrogen and oxygen atoms in total. The molecule has 8 rings (SSSR count). The van der Waals surface area contributed by atoms with Gasteiger partial charge in [-0.05, 0) is 79.0 Å². The average Bonchev–Trinajstić information content (AvgIpc) is 3.31. The maximum absolute atomic E-state index is 14.9. The number of rotatable bonds is 8. The molecule has 2 amide bonds. The van der Waals surface area contributed by atoms with Crippen molar-refractivity contribution in [3.8, 4) is 17.0 Å². The molecular weight excluding hydrogens is 627 g/mol. The van der Waals surface area contributed by atoms with Crippen molar-refractivity contribution in [1.29, 1.82) is 0 Å². The Morgan fingerprint density at radius 3 is 2.52 bits per heavy atom. The number of amides is 2. The van der Waals surface area contributed by atoms with Gasteiger partial charge in [0.25, 0.3) is 5.91 Å². The van der Waals surface area contributed by atoms with Gasteiger partial charge in [0, 0.05) is 73.3 Å². The van der Waals surface area contributed by atoms with E-state index in [0.717, 1.165) is 73.2 Å². The van der Waals surface area contributed by atoms with Crippen LogP contribution < -0.4 is 14.2 Å². The zero-order valence-electron chi connectivity index (χ0n) is 28.4. The lowest BCUT2D eigenvalue weighted by Crippen LogP contribution is -2.52. The Morgan fingerprint density at radius 2 is 1.83 bits per heavy atom. The highest BCUT2D eigenvalue weighted by Gasteiger charge is 2.65. The van der Waals surface area contributed by atoms with E-state index in [4.69, 9.17) is 4.74 Å². The van der Waals surface area contributed by atoms with Crippen molar-refractivity contribution in [3.63, 3.8) is 0 Å². The molecule has 2 N–H and O–H groups in total. The smallest absolute Gasteiger partial charge is 0.301 e. The number of carbonyl (C=O) groups is 2. The number of benzene rings is 2. The Labute approximate surface area is 283 Å². The molecule has 4 fully saturated rings. The number of ether oxygens (including phenoxy) is 1. The number of hydrogen-bond donors (Lipinski definition) is 2. The van der Waals surface area contributed by atoms with Crippen molar-refractivity contribution < 1.29 is 22.7 Å². The molecule has 48 heavy (non-hydrogen) atoms. The number of piperazine rings is 1. The highest BCUT2D eigenvalue weighted by atomic mass is 32.2. The van der Waals surface area contributed by atoms with Crippen LogP contribution in [0.3, 0.4) is 0 Å². The van der Waals surface area contributed by atoms with Crippen LogP contribution in [0.15, 0.2) is 36.4 Å². The van der Waals surface area contributed by atoms with Gasteiger partial charge in [0.05, 0.1) is 18.2 Å². The third kappa shape index (κ3) is 5.07. The second kappa shape index (κ2) is 11.6. The highest BCUT2D eigenvalue weighted by Crippen LogP contribution is 2.66. The molecule has 2 saturated carbocycles. The number of methoxy groups -OCH3 is 1. The first kappa shape index (κ1) is 31.8. The molecule has 4 heterocycles. The Kier molecular flexibility index (Phi) is 7.69. The minimum Gasteiger partial charge on any atom is -0.497 e. The molecule has 2 aliphatic carbocycles. The quantitative estimate of drug-likeness (QED) is 0.349. The molecule has 4 unspecified atom stereocenters. The summed E-state index contributed by atoms with van der Waals surface area (Å²) in [7, 11) is -1.01.